The zero-order valence-corrected chi connectivity index (χ0v) is 15.2. The van der Waals surface area contributed by atoms with Crippen molar-refractivity contribution in [3.63, 3.8) is 0 Å². The number of hydrogen-bond donors (Lipinski definition) is 4. The van der Waals surface area contributed by atoms with Crippen LogP contribution in [0.25, 0.3) is 10.8 Å². The summed E-state index contributed by atoms with van der Waals surface area (Å²) in [5, 5.41) is 20.4. The number of carbonyl (C=O) groups is 2. The monoisotopic (exact) mass is 383 g/mol. The zero-order valence-electron chi connectivity index (χ0n) is 14.3. The van der Waals surface area contributed by atoms with Gasteiger partial charge in [-0.1, -0.05) is 30.0 Å². The molecular weight excluding hydrogens is 366 g/mol. The van der Waals surface area contributed by atoms with Crippen molar-refractivity contribution in [2.45, 2.75) is 22.8 Å². The maximum absolute atomic E-state index is 12.2. The molecule has 3 rings (SSSR count). The molecule has 0 spiro atoms. The summed E-state index contributed by atoms with van der Waals surface area (Å²) in [6.07, 6.45) is 1.50. The minimum absolute atomic E-state index is 0.184. The first-order valence-electron chi connectivity index (χ1n) is 8.09. The van der Waals surface area contributed by atoms with E-state index in [9.17, 15) is 14.7 Å². The molecule has 0 aliphatic carbocycles. The second kappa shape index (κ2) is 8.07. The van der Waals surface area contributed by atoms with Crippen molar-refractivity contribution in [1.82, 2.24) is 15.8 Å². The summed E-state index contributed by atoms with van der Waals surface area (Å²) in [4.78, 5) is 29.0. The Hall–Kier alpha value is -3.10. The Labute approximate surface area is 159 Å². The lowest BCUT2D eigenvalue weighted by molar-refractivity contribution is -0.139. The number of fused-ring (bicyclic) bond motifs is 1. The smallest absolute Gasteiger partial charge is 0.322 e. The van der Waals surface area contributed by atoms with Gasteiger partial charge in [0.15, 0.2) is 11.4 Å². The molecule has 2 aromatic carbocycles. The number of carbonyl (C=O) groups excluding carboxylic acids is 1. The van der Waals surface area contributed by atoms with Gasteiger partial charge in [-0.3, -0.25) is 15.0 Å². The quantitative estimate of drug-likeness (QED) is 0.484. The van der Waals surface area contributed by atoms with Crippen molar-refractivity contribution in [3.05, 3.63) is 60.4 Å². The van der Waals surface area contributed by atoms with Gasteiger partial charge in [0.1, 0.15) is 6.04 Å². The highest BCUT2D eigenvalue weighted by Gasteiger charge is 2.18. The molecule has 1 aromatic heterocycles. The second-order valence-corrected chi connectivity index (χ2v) is 6.92. The van der Waals surface area contributed by atoms with Crippen LogP contribution in [0.2, 0.25) is 0 Å². The van der Waals surface area contributed by atoms with Gasteiger partial charge in [0.2, 0.25) is 0 Å². The van der Waals surface area contributed by atoms with Gasteiger partial charge >= 0.3 is 5.97 Å². The molecule has 0 aliphatic rings. The van der Waals surface area contributed by atoms with Crippen molar-refractivity contribution in [2.75, 3.05) is 0 Å². The minimum Gasteiger partial charge on any atom is -0.505 e. The van der Waals surface area contributed by atoms with Crippen molar-refractivity contribution in [1.29, 1.82) is 0 Å². The molecule has 138 valence electrons. The summed E-state index contributed by atoms with van der Waals surface area (Å²) < 4.78 is 0. The fourth-order valence-electron chi connectivity index (χ4n) is 2.34. The number of nitrogens with zero attached hydrogens (tertiary/aromatic N) is 1. The molecule has 8 heteroatoms. The van der Waals surface area contributed by atoms with Gasteiger partial charge in [-0.15, -0.1) is 0 Å². The summed E-state index contributed by atoms with van der Waals surface area (Å²) in [5.41, 5.74) is 4.39. The average Bonchev–Trinajstić information content (AvgIpc) is 2.66. The van der Waals surface area contributed by atoms with E-state index >= 15 is 0 Å². The van der Waals surface area contributed by atoms with Crippen LogP contribution in [0.3, 0.4) is 0 Å². The molecule has 0 unspecified atom stereocenters. The van der Waals surface area contributed by atoms with Crippen LogP contribution in [0.5, 0.6) is 5.75 Å². The molecule has 0 radical (unpaired) electrons. The standard InChI is InChI=1S/C19H17N3O4S/c1-11(19(25)26)21-22-18(24)16-17(23)15-8-7-14(9-12(15)10-20-16)27-13-5-3-2-4-6-13/h2-11,21,23H,1H3,(H,22,24)(H,25,26)/t11-/m0/s1. The van der Waals surface area contributed by atoms with Crippen molar-refractivity contribution < 1.29 is 19.8 Å². The predicted molar refractivity (Wildman–Crippen MR) is 102 cm³/mol. The highest BCUT2D eigenvalue weighted by molar-refractivity contribution is 7.99. The van der Waals surface area contributed by atoms with Gasteiger partial charge in [-0.2, -0.15) is 0 Å². The lowest BCUT2D eigenvalue weighted by Crippen LogP contribution is -2.46. The van der Waals surface area contributed by atoms with E-state index in [1.54, 1.807) is 17.8 Å². The summed E-state index contributed by atoms with van der Waals surface area (Å²) in [6, 6.07) is 14.4. The second-order valence-electron chi connectivity index (χ2n) is 5.78. The summed E-state index contributed by atoms with van der Waals surface area (Å²) >= 11 is 1.58. The third-order valence-corrected chi connectivity index (χ3v) is 4.80. The maximum Gasteiger partial charge on any atom is 0.322 e. The van der Waals surface area contributed by atoms with Gasteiger partial charge in [-0.05, 0) is 37.3 Å². The Kier molecular flexibility index (Phi) is 5.58. The minimum atomic E-state index is -1.12. The predicted octanol–water partition coefficient (Wildman–Crippen LogP) is 2.80. The van der Waals surface area contributed by atoms with Gasteiger partial charge in [-0.25, -0.2) is 10.4 Å². The van der Waals surface area contributed by atoms with Crippen LogP contribution in [0.15, 0.2) is 64.5 Å². The number of pyridine rings is 1. The van der Waals surface area contributed by atoms with E-state index in [1.807, 2.05) is 42.5 Å². The molecule has 27 heavy (non-hydrogen) atoms. The van der Waals surface area contributed by atoms with Crippen LogP contribution in [-0.2, 0) is 4.79 Å². The van der Waals surface area contributed by atoms with Gasteiger partial charge < -0.3 is 10.2 Å². The molecule has 1 amide bonds. The zero-order chi connectivity index (χ0) is 19.4. The largest absolute Gasteiger partial charge is 0.505 e. The molecule has 7 nitrogen and oxygen atoms in total. The first kappa shape index (κ1) is 18.7. The van der Waals surface area contributed by atoms with Crippen LogP contribution in [0, 0.1) is 0 Å². The number of hydrogen-bond acceptors (Lipinski definition) is 6. The third-order valence-electron chi connectivity index (χ3n) is 3.80. The molecule has 1 heterocycles. The number of nitrogens with one attached hydrogen (secondary N) is 2. The van der Waals surface area contributed by atoms with Crippen LogP contribution >= 0.6 is 11.8 Å². The number of aliphatic carboxylic acids is 1. The number of carboxylic acids is 1. The number of hydrazine groups is 1. The van der Waals surface area contributed by atoms with E-state index in [4.69, 9.17) is 5.11 Å². The highest BCUT2D eigenvalue weighted by Crippen LogP contribution is 2.33. The number of aromatic nitrogens is 1. The van der Waals surface area contributed by atoms with Crippen molar-refractivity contribution in [2.24, 2.45) is 0 Å². The third kappa shape index (κ3) is 4.36. The lowest BCUT2D eigenvalue weighted by atomic mass is 10.1. The van der Waals surface area contributed by atoms with Gasteiger partial charge in [0, 0.05) is 26.8 Å². The molecule has 0 aliphatic heterocycles. The summed E-state index contributed by atoms with van der Waals surface area (Å²) in [6.45, 7) is 1.38. The molecule has 0 saturated heterocycles. The molecule has 0 bridgehead atoms. The van der Waals surface area contributed by atoms with Crippen molar-refractivity contribution >= 4 is 34.4 Å². The van der Waals surface area contributed by atoms with Crippen LogP contribution in [0.4, 0.5) is 0 Å². The van der Waals surface area contributed by atoms with E-state index in [-0.39, 0.29) is 11.4 Å². The Morgan fingerprint density at radius 2 is 1.85 bits per heavy atom. The maximum atomic E-state index is 12.2. The van der Waals surface area contributed by atoms with Crippen LogP contribution in [-0.4, -0.2) is 33.1 Å². The summed E-state index contributed by atoms with van der Waals surface area (Å²) in [5.74, 6) is -2.09. The average molecular weight is 383 g/mol. The Morgan fingerprint density at radius 3 is 2.56 bits per heavy atom. The van der Waals surface area contributed by atoms with Crippen molar-refractivity contribution in [3.8, 4) is 5.75 Å². The fraction of sp³-hybridized carbons (Fsp3) is 0.105. The Morgan fingerprint density at radius 1 is 1.11 bits per heavy atom. The lowest BCUT2D eigenvalue weighted by Gasteiger charge is -2.12. The molecule has 0 saturated carbocycles. The number of rotatable bonds is 6. The SMILES string of the molecule is C[C@H](NNC(=O)c1ncc2cc(Sc3ccccc3)ccc2c1O)C(=O)O. The first-order valence-corrected chi connectivity index (χ1v) is 8.90. The highest BCUT2D eigenvalue weighted by atomic mass is 32.2. The van der Waals surface area contributed by atoms with E-state index in [0.717, 1.165) is 9.79 Å². The summed E-state index contributed by atoms with van der Waals surface area (Å²) in [7, 11) is 0. The van der Waals surface area contributed by atoms with Crippen LogP contribution in [0.1, 0.15) is 17.4 Å². The van der Waals surface area contributed by atoms with E-state index in [2.05, 4.69) is 15.8 Å². The van der Waals surface area contributed by atoms with Gasteiger partial charge in [0.25, 0.3) is 5.91 Å². The molecular formula is C19H17N3O4S. The van der Waals surface area contributed by atoms with E-state index in [1.165, 1.54) is 13.1 Å². The number of benzene rings is 2. The van der Waals surface area contributed by atoms with E-state index < -0.39 is 17.9 Å². The van der Waals surface area contributed by atoms with Crippen LogP contribution < -0.4 is 10.9 Å². The number of amides is 1. The Bertz CT molecular complexity index is 995. The Balaban J connectivity index is 1.81. The number of carboxylic acid groups (broad SMARTS) is 1. The molecule has 1 atom stereocenters. The molecule has 0 fully saturated rings. The first-order chi connectivity index (χ1) is 13.0. The molecule has 4 N–H and O–H groups in total. The topological polar surface area (TPSA) is 112 Å². The van der Waals surface area contributed by atoms with Gasteiger partial charge in [0.05, 0.1) is 0 Å². The molecule has 3 aromatic rings. The normalized spacial score (nSPS) is 11.9. The van der Waals surface area contributed by atoms with E-state index in [0.29, 0.717) is 10.8 Å². The number of aromatic hydroxyl groups is 1. The fourth-order valence-corrected chi connectivity index (χ4v) is 3.22.